The van der Waals surface area contributed by atoms with Crippen molar-refractivity contribution >= 4 is 23.2 Å². The molecule has 6 nitrogen and oxygen atoms in total. The van der Waals surface area contributed by atoms with Gasteiger partial charge in [0.25, 0.3) is 11.5 Å². The SMILES string of the molecule is CNC(=O)c1cccc(CCNc2cn[nH]c(=O)c2Cl)c1. The van der Waals surface area contributed by atoms with Crippen molar-refractivity contribution in [3.05, 3.63) is 57.0 Å². The predicted molar refractivity (Wildman–Crippen MR) is 81.9 cm³/mol. The maximum atomic E-state index is 11.6. The van der Waals surface area contributed by atoms with Gasteiger partial charge in [-0.2, -0.15) is 5.10 Å². The second-order valence-electron chi connectivity index (χ2n) is 4.38. The Kier molecular flexibility index (Phi) is 4.94. The standard InChI is InChI=1S/C14H15ClN4O2/c1-16-13(20)10-4-2-3-9(7-10)5-6-17-11-8-18-19-14(21)12(11)15/h2-4,7-8H,5-6H2,1H3,(H,16,20)(H2,17,19,21). The molecule has 7 heteroatoms. The first kappa shape index (κ1) is 15.1. The molecular formula is C14H15ClN4O2. The Balaban J connectivity index is 1.99. The number of aromatic nitrogens is 2. The normalized spacial score (nSPS) is 10.2. The molecule has 0 aliphatic carbocycles. The van der Waals surface area contributed by atoms with Crippen LogP contribution in [0.1, 0.15) is 15.9 Å². The molecule has 0 unspecified atom stereocenters. The van der Waals surface area contributed by atoms with Crippen molar-refractivity contribution in [2.45, 2.75) is 6.42 Å². The van der Waals surface area contributed by atoms with E-state index in [1.54, 1.807) is 13.1 Å². The third-order valence-electron chi connectivity index (χ3n) is 2.94. The van der Waals surface area contributed by atoms with Crippen LogP contribution in [-0.4, -0.2) is 29.7 Å². The van der Waals surface area contributed by atoms with Crippen molar-refractivity contribution in [1.29, 1.82) is 0 Å². The second-order valence-corrected chi connectivity index (χ2v) is 4.76. The van der Waals surface area contributed by atoms with Crippen molar-refractivity contribution in [1.82, 2.24) is 15.5 Å². The van der Waals surface area contributed by atoms with E-state index in [1.165, 1.54) is 6.20 Å². The molecule has 0 aliphatic heterocycles. The van der Waals surface area contributed by atoms with Crippen LogP contribution in [0.3, 0.4) is 0 Å². The quantitative estimate of drug-likeness (QED) is 0.780. The van der Waals surface area contributed by atoms with E-state index in [2.05, 4.69) is 20.8 Å². The van der Waals surface area contributed by atoms with Crippen LogP contribution in [0.5, 0.6) is 0 Å². The Hall–Kier alpha value is -2.34. The zero-order valence-electron chi connectivity index (χ0n) is 11.4. The number of nitrogens with one attached hydrogen (secondary N) is 3. The van der Waals surface area contributed by atoms with Crippen LogP contribution in [0, 0.1) is 0 Å². The number of halogens is 1. The number of carbonyl (C=O) groups excluding carboxylic acids is 1. The van der Waals surface area contributed by atoms with E-state index >= 15 is 0 Å². The summed E-state index contributed by atoms with van der Waals surface area (Å²) >= 11 is 5.86. The average molecular weight is 307 g/mol. The molecule has 1 aromatic heterocycles. The van der Waals surface area contributed by atoms with Crippen LogP contribution in [0.2, 0.25) is 5.02 Å². The third-order valence-corrected chi connectivity index (χ3v) is 3.32. The average Bonchev–Trinajstić information content (AvgIpc) is 2.51. The summed E-state index contributed by atoms with van der Waals surface area (Å²) in [7, 11) is 1.60. The summed E-state index contributed by atoms with van der Waals surface area (Å²) in [4.78, 5) is 22.8. The number of carbonyl (C=O) groups is 1. The van der Waals surface area contributed by atoms with Crippen LogP contribution in [-0.2, 0) is 6.42 Å². The summed E-state index contributed by atoms with van der Waals surface area (Å²) in [5.74, 6) is -0.119. The van der Waals surface area contributed by atoms with Gasteiger partial charge < -0.3 is 10.6 Å². The van der Waals surface area contributed by atoms with E-state index < -0.39 is 5.56 Å². The molecule has 0 spiro atoms. The Morgan fingerprint density at radius 3 is 3.00 bits per heavy atom. The van der Waals surface area contributed by atoms with Gasteiger partial charge in [-0.15, -0.1) is 0 Å². The molecule has 0 radical (unpaired) electrons. The third kappa shape index (κ3) is 3.82. The van der Waals surface area contributed by atoms with Gasteiger partial charge in [0.2, 0.25) is 0 Å². The number of H-pyrrole nitrogens is 1. The lowest BCUT2D eigenvalue weighted by Gasteiger charge is -2.08. The number of benzene rings is 1. The maximum absolute atomic E-state index is 11.6. The van der Waals surface area contributed by atoms with Gasteiger partial charge in [0.05, 0.1) is 11.9 Å². The molecule has 21 heavy (non-hydrogen) atoms. The molecule has 0 aliphatic rings. The molecule has 1 heterocycles. The van der Waals surface area contributed by atoms with Crippen LogP contribution in [0.4, 0.5) is 5.69 Å². The van der Waals surface area contributed by atoms with Crippen LogP contribution in [0.15, 0.2) is 35.3 Å². The molecule has 2 aromatic rings. The molecule has 110 valence electrons. The minimum Gasteiger partial charge on any atom is -0.382 e. The molecule has 0 saturated heterocycles. The number of anilines is 1. The van der Waals surface area contributed by atoms with Crippen molar-refractivity contribution in [2.75, 3.05) is 18.9 Å². The largest absolute Gasteiger partial charge is 0.382 e. The fourth-order valence-corrected chi connectivity index (χ4v) is 2.02. The Morgan fingerprint density at radius 2 is 2.24 bits per heavy atom. The highest BCUT2D eigenvalue weighted by atomic mass is 35.5. The fraction of sp³-hybridized carbons (Fsp3) is 0.214. The van der Waals surface area contributed by atoms with Gasteiger partial charge in [-0.25, -0.2) is 5.10 Å². The highest BCUT2D eigenvalue weighted by molar-refractivity contribution is 6.32. The summed E-state index contributed by atoms with van der Waals surface area (Å²) in [5.41, 5.74) is 1.69. The Bertz CT molecular complexity index is 699. The predicted octanol–water partition coefficient (Wildman–Crippen LogP) is 1.44. The molecule has 0 atom stereocenters. The highest BCUT2D eigenvalue weighted by Crippen LogP contribution is 2.14. The number of hydrogen-bond acceptors (Lipinski definition) is 4. The second kappa shape index (κ2) is 6.90. The van der Waals surface area contributed by atoms with Crippen LogP contribution in [0.25, 0.3) is 0 Å². The van der Waals surface area contributed by atoms with Gasteiger partial charge in [-0.1, -0.05) is 23.7 Å². The molecule has 0 bridgehead atoms. The van der Waals surface area contributed by atoms with Crippen molar-refractivity contribution < 1.29 is 4.79 Å². The molecule has 1 amide bonds. The Morgan fingerprint density at radius 1 is 1.43 bits per heavy atom. The highest BCUT2D eigenvalue weighted by Gasteiger charge is 2.05. The number of amides is 1. The topological polar surface area (TPSA) is 86.9 Å². The monoisotopic (exact) mass is 306 g/mol. The van der Waals surface area contributed by atoms with Gasteiger partial charge in [0.1, 0.15) is 5.02 Å². The zero-order valence-corrected chi connectivity index (χ0v) is 12.2. The number of hydrogen-bond donors (Lipinski definition) is 3. The van der Waals surface area contributed by atoms with Crippen molar-refractivity contribution in [2.24, 2.45) is 0 Å². The minimum atomic E-state index is -0.428. The summed E-state index contributed by atoms with van der Waals surface area (Å²) in [5, 5.41) is 11.7. The lowest BCUT2D eigenvalue weighted by Crippen LogP contribution is -2.18. The van der Waals surface area contributed by atoms with Gasteiger partial charge in [0.15, 0.2) is 0 Å². The Labute approximate surface area is 126 Å². The van der Waals surface area contributed by atoms with Crippen molar-refractivity contribution in [3.8, 4) is 0 Å². The minimum absolute atomic E-state index is 0.0871. The van der Waals surface area contributed by atoms with Gasteiger partial charge >= 0.3 is 0 Å². The molecular weight excluding hydrogens is 292 g/mol. The summed E-state index contributed by atoms with van der Waals surface area (Å²) in [6, 6.07) is 7.36. The van der Waals surface area contributed by atoms with Gasteiger partial charge in [-0.05, 0) is 24.1 Å². The summed E-state index contributed by atoms with van der Waals surface area (Å²) in [6.45, 7) is 0.571. The first-order valence-corrected chi connectivity index (χ1v) is 6.77. The first-order chi connectivity index (χ1) is 10.1. The molecule has 3 N–H and O–H groups in total. The van der Waals surface area contributed by atoms with Gasteiger partial charge in [-0.3, -0.25) is 9.59 Å². The lowest BCUT2D eigenvalue weighted by molar-refractivity contribution is 0.0963. The van der Waals surface area contributed by atoms with Gasteiger partial charge in [0, 0.05) is 19.2 Å². The molecule has 0 saturated carbocycles. The summed E-state index contributed by atoms with van der Waals surface area (Å²) in [6.07, 6.45) is 2.15. The van der Waals surface area contributed by atoms with E-state index in [0.29, 0.717) is 24.2 Å². The number of aromatic amines is 1. The first-order valence-electron chi connectivity index (χ1n) is 6.40. The smallest absolute Gasteiger partial charge is 0.285 e. The molecule has 2 rings (SSSR count). The summed E-state index contributed by atoms with van der Waals surface area (Å²) < 4.78 is 0. The maximum Gasteiger partial charge on any atom is 0.285 e. The van der Waals surface area contributed by atoms with Crippen molar-refractivity contribution in [3.63, 3.8) is 0 Å². The lowest BCUT2D eigenvalue weighted by atomic mass is 10.1. The number of rotatable bonds is 5. The zero-order chi connectivity index (χ0) is 15.2. The van der Waals surface area contributed by atoms with E-state index in [0.717, 1.165) is 5.56 Å². The van der Waals surface area contributed by atoms with Crippen LogP contribution < -0.4 is 16.2 Å². The van der Waals surface area contributed by atoms with E-state index in [9.17, 15) is 9.59 Å². The van der Waals surface area contributed by atoms with E-state index in [4.69, 9.17) is 11.6 Å². The van der Waals surface area contributed by atoms with E-state index in [1.807, 2.05) is 18.2 Å². The van der Waals surface area contributed by atoms with Crippen LogP contribution >= 0.6 is 11.6 Å². The fourth-order valence-electron chi connectivity index (χ4n) is 1.86. The van der Waals surface area contributed by atoms with E-state index in [-0.39, 0.29) is 10.9 Å². The number of nitrogens with zero attached hydrogens (tertiary/aromatic N) is 1. The molecule has 0 fully saturated rings. The molecule has 1 aromatic carbocycles.